The van der Waals surface area contributed by atoms with E-state index in [0.717, 1.165) is 180 Å². The second-order valence-electron chi connectivity index (χ2n) is 27.0. The molecule has 0 aliphatic carbocycles. The smallest absolute Gasteiger partial charge is 0.338 e. The molecule has 8 aromatic rings. The van der Waals surface area contributed by atoms with Crippen LogP contribution in [0, 0.1) is 60.8 Å². The largest absolute Gasteiger partial charge is 0.478 e. The molecule has 0 bridgehead atoms. The van der Waals surface area contributed by atoms with Crippen molar-refractivity contribution in [2.75, 3.05) is 164 Å². The first-order valence-corrected chi connectivity index (χ1v) is 42.2. The fraction of sp³-hybridized carbons (Fsp3) is 0.384. The number of rotatable bonds is 19. The van der Waals surface area contributed by atoms with Crippen molar-refractivity contribution >= 4 is 121 Å². The van der Waals surface area contributed by atoms with Crippen LogP contribution in [0.3, 0.4) is 0 Å². The van der Waals surface area contributed by atoms with Crippen molar-refractivity contribution in [2.45, 2.75) is 52.6 Å². The fourth-order valence-electron chi connectivity index (χ4n) is 11.9. The highest BCUT2D eigenvalue weighted by molar-refractivity contribution is 14.1. The molecule has 6 fully saturated rings. The molecule has 19 nitrogen and oxygen atoms in total. The number of hydrogen-bond acceptors (Lipinski definition) is 18. The summed E-state index contributed by atoms with van der Waals surface area (Å²) in [5.74, 6) is -4.91. The number of aldehydes is 2. The molecular formula is C86H96F8I4N6O13. The van der Waals surface area contributed by atoms with Crippen LogP contribution in [-0.2, 0) is 77.2 Å². The van der Waals surface area contributed by atoms with Crippen molar-refractivity contribution in [2.24, 2.45) is 0 Å². The molecule has 632 valence electrons. The van der Waals surface area contributed by atoms with E-state index >= 15 is 0 Å². The van der Waals surface area contributed by atoms with Gasteiger partial charge >= 0.3 is 11.9 Å². The van der Waals surface area contributed by atoms with Crippen LogP contribution in [0.1, 0.15) is 88.2 Å². The predicted molar refractivity (Wildman–Crippen MR) is 462 cm³/mol. The molecule has 6 heterocycles. The summed E-state index contributed by atoms with van der Waals surface area (Å²) in [5, 5.41) is 8.94. The maximum Gasteiger partial charge on any atom is 0.338 e. The zero-order valence-electron chi connectivity index (χ0n) is 64.9. The Labute approximate surface area is 732 Å². The van der Waals surface area contributed by atoms with Gasteiger partial charge in [-0.05, 0) is 252 Å². The lowest BCUT2D eigenvalue weighted by molar-refractivity contribution is -0.142. The van der Waals surface area contributed by atoms with Crippen LogP contribution in [-0.4, -0.2) is 229 Å². The first kappa shape index (κ1) is 97.7. The second kappa shape index (κ2) is 54.8. The predicted octanol–water partition coefficient (Wildman–Crippen LogP) is 15.5. The first-order chi connectivity index (χ1) is 56.4. The molecule has 6 aliphatic rings. The highest BCUT2D eigenvalue weighted by Crippen LogP contribution is 2.24. The van der Waals surface area contributed by atoms with Crippen molar-refractivity contribution < 1.29 is 97.4 Å². The Bertz CT molecular complexity index is 4140. The highest BCUT2D eigenvalue weighted by Gasteiger charge is 2.23. The van der Waals surface area contributed by atoms with Gasteiger partial charge in [-0.3, -0.25) is 48.6 Å². The molecule has 117 heavy (non-hydrogen) atoms. The SMILES string of the molecule is CCOC(=O)CC(=O)c1cc(CN2CCOCC2)cc(I)c1F.Fc1ccc(CN2CCOCC2)cc1.Fc1ccc(CN2CCOCC2)cc1.Fc1ccc(CN2CCOCC2)cc1I.Fc1ccc(CN2CCOCC2)cc1I.O=C(O)c1cc(CN2CCOCC2)cc(I)c1F.O=Cc1ccc(F)cc1.O=Cc1ccc(F)cc1. The van der Waals surface area contributed by atoms with Crippen LogP contribution in [0.5, 0.6) is 0 Å². The molecule has 0 saturated carbocycles. The topological polar surface area (TPSA) is 190 Å². The number of ketones is 1. The molecule has 31 heteroatoms. The van der Waals surface area contributed by atoms with Gasteiger partial charge in [0.15, 0.2) is 11.6 Å². The molecule has 0 aromatic heterocycles. The Morgan fingerprint density at radius 2 is 0.598 bits per heavy atom. The number of ether oxygens (including phenoxy) is 7. The maximum absolute atomic E-state index is 14.2. The molecule has 0 atom stereocenters. The Morgan fingerprint density at radius 1 is 0.350 bits per heavy atom. The van der Waals surface area contributed by atoms with E-state index in [-0.39, 0.29) is 52.6 Å². The standard InChI is InChI=1S/C16H19FINO4.C12H13FINO3.2C11H13FINO.2C11H14FNO.2C7H5FO/c1-2-23-15(21)9-14(20)12-7-11(8-13(18)16(12)17)10-19-3-5-22-6-4-19;13-11-9(12(16)17)5-8(6-10(11)14)7-15-1-3-18-4-2-15;2*12-10-2-1-9(7-11(10)13)8-14-3-5-15-6-4-14;2*12-11-3-1-10(2-4-11)9-13-5-7-14-8-6-13;2*8-7-3-1-6(5-9)2-4-7/h7-8H,2-6,9-10H2,1H3;5-6H,1-4,7H2,(H,16,17);2*1-2,7H,3-6,8H2;2*1-4H,5-9H2;2*1-5H. The molecule has 0 radical (unpaired) electrons. The van der Waals surface area contributed by atoms with Crippen molar-refractivity contribution in [3.63, 3.8) is 0 Å². The Kier molecular flexibility index (Phi) is 45.7. The van der Waals surface area contributed by atoms with Gasteiger partial charge in [-0.15, -0.1) is 0 Å². The number of morpholine rings is 6. The summed E-state index contributed by atoms with van der Waals surface area (Å²) in [6.45, 7) is 26.8. The van der Waals surface area contributed by atoms with Gasteiger partial charge in [0.05, 0.1) is 97.0 Å². The molecule has 1 N–H and O–H groups in total. The summed E-state index contributed by atoms with van der Waals surface area (Å²) in [6.07, 6.45) is 0.917. The maximum atomic E-state index is 14.2. The van der Waals surface area contributed by atoms with Gasteiger partial charge in [0.1, 0.15) is 59.7 Å². The molecule has 6 saturated heterocycles. The number of carbonyl (C=O) groups excluding carboxylic acids is 4. The summed E-state index contributed by atoms with van der Waals surface area (Å²) in [6, 6.07) is 41.1. The summed E-state index contributed by atoms with van der Waals surface area (Å²) < 4.78 is 142. The summed E-state index contributed by atoms with van der Waals surface area (Å²) in [7, 11) is 0. The van der Waals surface area contributed by atoms with Crippen molar-refractivity contribution in [3.8, 4) is 0 Å². The van der Waals surface area contributed by atoms with E-state index in [1.54, 1.807) is 19.1 Å². The minimum atomic E-state index is -1.23. The molecule has 0 spiro atoms. The number of hydrogen-bond donors (Lipinski definition) is 1. The van der Waals surface area contributed by atoms with E-state index in [1.807, 2.05) is 139 Å². The number of aromatic carboxylic acids is 1. The first-order valence-electron chi connectivity index (χ1n) is 37.9. The van der Waals surface area contributed by atoms with E-state index in [0.29, 0.717) is 77.5 Å². The number of benzene rings is 8. The molecule has 6 aliphatic heterocycles. The van der Waals surface area contributed by atoms with Gasteiger partial charge in [0, 0.05) is 143 Å². The lowest BCUT2D eigenvalue weighted by Gasteiger charge is -2.26. The highest BCUT2D eigenvalue weighted by atomic mass is 127. The Balaban J connectivity index is 0.000000187. The van der Waals surface area contributed by atoms with Crippen LogP contribution in [0.15, 0.2) is 158 Å². The average Bonchev–Trinajstić information content (AvgIpc) is 0.828. The van der Waals surface area contributed by atoms with Gasteiger partial charge in [-0.25, -0.2) is 39.9 Å². The number of Topliss-reactive ketones (excluding diaryl/α,β-unsaturated/α-hetero) is 1. The quantitative estimate of drug-likeness (QED) is 0.0201. The minimum absolute atomic E-state index is 0.0480. The van der Waals surface area contributed by atoms with E-state index in [2.05, 4.69) is 29.4 Å². The third-order valence-electron chi connectivity index (χ3n) is 18.2. The van der Waals surface area contributed by atoms with Crippen LogP contribution in [0.4, 0.5) is 35.1 Å². The van der Waals surface area contributed by atoms with Crippen molar-refractivity contribution in [1.29, 1.82) is 0 Å². The van der Waals surface area contributed by atoms with E-state index in [9.17, 15) is 59.1 Å². The zero-order valence-corrected chi connectivity index (χ0v) is 73.5. The van der Waals surface area contributed by atoms with Crippen molar-refractivity contribution in [3.05, 3.63) is 274 Å². The number of carbonyl (C=O) groups is 5. The molecule has 0 amide bonds. The number of esters is 1. The van der Waals surface area contributed by atoms with Crippen LogP contribution >= 0.6 is 90.4 Å². The average molecular weight is 2080 g/mol. The Morgan fingerprint density at radius 3 is 0.872 bits per heavy atom. The number of halogens is 12. The monoisotopic (exact) mass is 2080 g/mol. The third-order valence-corrected chi connectivity index (χ3v) is 21.4. The second-order valence-corrected chi connectivity index (χ2v) is 31.7. The number of nitrogens with zero attached hydrogens (tertiary/aromatic N) is 6. The van der Waals surface area contributed by atoms with E-state index < -0.39 is 35.8 Å². The van der Waals surface area contributed by atoms with Crippen LogP contribution in [0.25, 0.3) is 0 Å². The third kappa shape index (κ3) is 38.1. The lowest BCUT2D eigenvalue weighted by Crippen LogP contribution is -2.35. The van der Waals surface area contributed by atoms with Gasteiger partial charge in [0.2, 0.25) is 0 Å². The minimum Gasteiger partial charge on any atom is -0.478 e. The fourth-order valence-corrected chi connectivity index (χ4v) is 14.5. The zero-order chi connectivity index (χ0) is 84.3. The lowest BCUT2D eigenvalue weighted by atomic mass is 10.0. The van der Waals surface area contributed by atoms with Gasteiger partial charge in [-0.2, -0.15) is 0 Å². The molecule has 8 aromatic carbocycles. The molecular weight excluding hydrogens is 1980 g/mol. The van der Waals surface area contributed by atoms with Crippen molar-refractivity contribution in [1.82, 2.24) is 29.4 Å². The van der Waals surface area contributed by atoms with Gasteiger partial charge in [-0.1, -0.05) is 36.4 Å². The van der Waals surface area contributed by atoms with Gasteiger partial charge < -0.3 is 38.3 Å². The Hall–Kier alpha value is -6.41. The number of carboxylic acid groups (broad SMARTS) is 1. The van der Waals surface area contributed by atoms with Crippen LogP contribution in [0.2, 0.25) is 0 Å². The van der Waals surface area contributed by atoms with E-state index in [4.69, 9.17) is 38.3 Å². The van der Waals surface area contributed by atoms with Crippen LogP contribution < -0.4 is 0 Å². The molecule has 14 rings (SSSR count). The summed E-state index contributed by atoms with van der Waals surface area (Å²) in [5.41, 5.74) is 7.02. The van der Waals surface area contributed by atoms with E-state index in [1.165, 1.54) is 108 Å². The van der Waals surface area contributed by atoms with Gasteiger partial charge in [0.25, 0.3) is 0 Å². The summed E-state index contributed by atoms with van der Waals surface area (Å²) >= 11 is 7.74. The normalized spacial score (nSPS) is 16.0. The summed E-state index contributed by atoms with van der Waals surface area (Å²) in [4.78, 5) is 68.2. The number of carboxylic acids is 1. The molecule has 0 unspecified atom stereocenters.